The molecule has 1 aromatic carbocycles. The molecule has 0 aliphatic heterocycles. The van der Waals surface area contributed by atoms with Gasteiger partial charge in [0, 0.05) is 12.6 Å². The van der Waals surface area contributed by atoms with Gasteiger partial charge in [0.2, 0.25) is 0 Å². The molecular formula is C12H12F3N. The summed E-state index contributed by atoms with van der Waals surface area (Å²) in [6.07, 6.45) is -2.78. The molecule has 0 amide bonds. The summed E-state index contributed by atoms with van der Waals surface area (Å²) in [7, 11) is 1.58. The van der Waals surface area contributed by atoms with Crippen LogP contribution >= 0.6 is 0 Å². The predicted molar refractivity (Wildman–Crippen MR) is 58.8 cm³/mol. The molecule has 4 heteroatoms. The molecule has 1 aromatic rings. The molecule has 86 valence electrons. The van der Waals surface area contributed by atoms with Crippen molar-refractivity contribution in [1.29, 1.82) is 0 Å². The molecule has 0 aromatic heterocycles. The van der Waals surface area contributed by atoms with E-state index in [2.05, 4.69) is 11.6 Å². The molecule has 1 rings (SSSR count). The van der Waals surface area contributed by atoms with E-state index < -0.39 is 11.7 Å². The van der Waals surface area contributed by atoms with E-state index in [9.17, 15) is 13.2 Å². The minimum absolute atomic E-state index is 0.537. The number of hydrogen-bond donors (Lipinski definition) is 0. The van der Waals surface area contributed by atoms with Crippen LogP contribution in [0.1, 0.15) is 16.7 Å². The van der Waals surface area contributed by atoms with Gasteiger partial charge in [-0.25, -0.2) is 0 Å². The van der Waals surface area contributed by atoms with Crippen molar-refractivity contribution in [2.75, 3.05) is 7.05 Å². The molecule has 0 fully saturated rings. The average molecular weight is 227 g/mol. The van der Waals surface area contributed by atoms with E-state index in [0.717, 1.165) is 12.1 Å². The monoisotopic (exact) mass is 227 g/mol. The second kappa shape index (κ2) is 4.51. The van der Waals surface area contributed by atoms with Crippen LogP contribution in [0, 0.1) is 6.92 Å². The van der Waals surface area contributed by atoms with Gasteiger partial charge in [-0.2, -0.15) is 13.2 Å². The maximum absolute atomic E-state index is 12.4. The van der Waals surface area contributed by atoms with Gasteiger partial charge in [-0.05, 0) is 30.7 Å². The van der Waals surface area contributed by atoms with Crippen LogP contribution in [-0.4, -0.2) is 12.8 Å². The lowest BCUT2D eigenvalue weighted by Gasteiger charge is -2.10. The third-order valence-corrected chi connectivity index (χ3v) is 2.26. The number of rotatable bonds is 2. The fourth-order valence-electron chi connectivity index (χ4n) is 1.45. The first-order valence-corrected chi connectivity index (χ1v) is 4.67. The number of aliphatic imine (C=N–C) groups is 1. The zero-order valence-electron chi connectivity index (χ0n) is 9.10. The van der Waals surface area contributed by atoms with Gasteiger partial charge in [0.25, 0.3) is 0 Å². The van der Waals surface area contributed by atoms with Crippen molar-refractivity contribution < 1.29 is 13.2 Å². The van der Waals surface area contributed by atoms with Crippen LogP contribution in [0.2, 0.25) is 0 Å². The summed E-state index contributed by atoms with van der Waals surface area (Å²) in [5.74, 6) is 0. The summed E-state index contributed by atoms with van der Waals surface area (Å²) in [5, 5.41) is 0. The maximum atomic E-state index is 12.4. The van der Waals surface area contributed by atoms with E-state index in [-0.39, 0.29) is 0 Å². The van der Waals surface area contributed by atoms with Crippen LogP contribution in [-0.2, 0) is 6.18 Å². The Labute approximate surface area is 92.3 Å². The number of alkyl halides is 3. The summed E-state index contributed by atoms with van der Waals surface area (Å²) >= 11 is 0. The fraction of sp³-hybridized carbons (Fsp3) is 0.250. The standard InChI is InChI=1S/C12H12F3N/c1-4-11(16-3)10-6-5-9(7-8(10)2)12(13,14)15/h4-7H,1H2,2-3H3. The van der Waals surface area contributed by atoms with Crippen LogP contribution in [0.15, 0.2) is 35.8 Å². The maximum Gasteiger partial charge on any atom is 0.416 e. The Morgan fingerprint density at radius 3 is 2.38 bits per heavy atom. The summed E-state index contributed by atoms with van der Waals surface area (Å²) < 4.78 is 37.2. The van der Waals surface area contributed by atoms with Gasteiger partial charge in [0.05, 0.1) is 11.3 Å². The third-order valence-electron chi connectivity index (χ3n) is 2.26. The minimum atomic E-state index is -4.30. The van der Waals surface area contributed by atoms with E-state index >= 15 is 0 Å². The number of nitrogens with zero attached hydrogens (tertiary/aromatic N) is 1. The lowest BCUT2D eigenvalue weighted by atomic mass is 10.0. The molecule has 0 aliphatic carbocycles. The summed E-state index contributed by atoms with van der Waals surface area (Å²) in [6.45, 7) is 5.19. The van der Waals surface area contributed by atoms with Crippen molar-refractivity contribution in [3.8, 4) is 0 Å². The minimum Gasteiger partial charge on any atom is -0.288 e. The van der Waals surface area contributed by atoms with Crippen LogP contribution in [0.5, 0.6) is 0 Å². The molecule has 0 saturated carbocycles. The molecular weight excluding hydrogens is 215 g/mol. The van der Waals surface area contributed by atoms with Gasteiger partial charge < -0.3 is 0 Å². The Balaban J connectivity index is 3.25. The topological polar surface area (TPSA) is 12.4 Å². The zero-order valence-corrected chi connectivity index (χ0v) is 9.10. The van der Waals surface area contributed by atoms with Gasteiger partial charge in [0.15, 0.2) is 0 Å². The molecule has 0 radical (unpaired) electrons. The quantitative estimate of drug-likeness (QED) is 0.684. The number of halogens is 3. The van der Waals surface area contributed by atoms with Crippen molar-refractivity contribution in [1.82, 2.24) is 0 Å². The van der Waals surface area contributed by atoms with E-state index in [1.807, 2.05) is 0 Å². The molecule has 0 N–H and O–H groups in total. The average Bonchev–Trinajstić information content (AvgIpc) is 2.20. The molecule has 1 nitrogen and oxygen atoms in total. The van der Waals surface area contributed by atoms with E-state index in [1.165, 1.54) is 12.1 Å². The SMILES string of the molecule is C=CC(=NC)c1ccc(C(F)(F)F)cc1C. The molecule has 0 heterocycles. The van der Waals surface area contributed by atoms with Gasteiger partial charge in [-0.3, -0.25) is 4.99 Å². The highest BCUT2D eigenvalue weighted by Gasteiger charge is 2.30. The smallest absolute Gasteiger partial charge is 0.288 e. The van der Waals surface area contributed by atoms with Crippen LogP contribution < -0.4 is 0 Å². The molecule has 0 unspecified atom stereocenters. The molecule has 0 saturated heterocycles. The van der Waals surface area contributed by atoms with Crippen molar-refractivity contribution in [3.05, 3.63) is 47.5 Å². The molecule has 16 heavy (non-hydrogen) atoms. The third kappa shape index (κ3) is 2.51. The van der Waals surface area contributed by atoms with E-state index in [1.54, 1.807) is 14.0 Å². The highest BCUT2D eigenvalue weighted by Crippen LogP contribution is 2.30. The first kappa shape index (κ1) is 12.5. The second-order valence-corrected chi connectivity index (χ2v) is 3.34. The number of benzene rings is 1. The highest BCUT2D eigenvalue weighted by atomic mass is 19.4. The summed E-state index contributed by atoms with van der Waals surface area (Å²) in [5.41, 5.74) is 1.15. The number of allylic oxidation sites excluding steroid dienone is 1. The van der Waals surface area contributed by atoms with E-state index in [0.29, 0.717) is 16.8 Å². The van der Waals surface area contributed by atoms with Gasteiger partial charge >= 0.3 is 6.18 Å². The van der Waals surface area contributed by atoms with Crippen molar-refractivity contribution >= 4 is 5.71 Å². The summed E-state index contributed by atoms with van der Waals surface area (Å²) in [6, 6.07) is 3.59. The predicted octanol–water partition coefficient (Wildman–Crippen LogP) is 3.62. The number of hydrogen-bond acceptors (Lipinski definition) is 1. The Hall–Kier alpha value is -1.58. The molecule has 0 atom stereocenters. The van der Waals surface area contributed by atoms with Gasteiger partial charge in [-0.15, -0.1) is 0 Å². The fourth-order valence-corrected chi connectivity index (χ4v) is 1.45. The Bertz CT molecular complexity index is 430. The summed E-state index contributed by atoms with van der Waals surface area (Å²) in [4.78, 5) is 3.95. The van der Waals surface area contributed by atoms with Gasteiger partial charge in [-0.1, -0.05) is 12.6 Å². The first-order chi connectivity index (χ1) is 7.40. The lowest BCUT2D eigenvalue weighted by molar-refractivity contribution is -0.137. The largest absolute Gasteiger partial charge is 0.416 e. The number of aryl methyl sites for hydroxylation is 1. The van der Waals surface area contributed by atoms with E-state index in [4.69, 9.17) is 0 Å². The van der Waals surface area contributed by atoms with Crippen LogP contribution in [0.4, 0.5) is 13.2 Å². The van der Waals surface area contributed by atoms with Gasteiger partial charge in [0.1, 0.15) is 0 Å². The van der Waals surface area contributed by atoms with Crippen molar-refractivity contribution in [2.45, 2.75) is 13.1 Å². The normalized spacial score (nSPS) is 12.7. The lowest BCUT2D eigenvalue weighted by Crippen LogP contribution is -2.07. The molecule has 0 bridgehead atoms. The Kier molecular flexibility index (Phi) is 3.52. The van der Waals surface area contributed by atoms with Crippen molar-refractivity contribution in [3.63, 3.8) is 0 Å². The second-order valence-electron chi connectivity index (χ2n) is 3.34. The van der Waals surface area contributed by atoms with Crippen molar-refractivity contribution in [2.24, 2.45) is 4.99 Å². The first-order valence-electron chi connectivity index (χ1n) is 4.67. The Morgan fingerprint density at radius 2 is 2.00 bits per heavy atom. The molecule has 0 aliphatic rings. The van der Waals surface area contributed by atoms with Crippen LogP contribution in [0.25, 0.3) is 0 Å². The zero-order chi connectivity index (χ0) is 12.3. The Morgan fingerprint density at radius 1 is 1.38 bits per heavy atom. The molecule has 0 spiro atoms. The van der Waals surface area contributed by atoms with Crippen LogP contribution in [0.3, 0.4) is 0 Å². The highest BCUT2D eigenvalue weighted by molar-refractivity contribution is 6.09.